The Kier molecular flexibility index (Phi) is 4.39. The average Bonchev–Trinajstić information content (AvgIpc) is 3.55. The zero-order chi connectivity index (χ0) is 21.9. The summed E-state index contributed by atoms with van der Waals surface area (Å²) in [6.07, 6.45) is 2.15. The van der Waals surface area contributed by atoms with Crippen LogP contribution in [0.15, 0.2) is 35.3 Å². The molecule has 0 spiro atoms. The van der Waals surface area contributed by atoms with Crippen molar-refractivity contribution < 1.29 is 19.0 Å². The summed E-state index contributed by atoms with van der Waals surface area (Å²) in [5.41, 5.74) is 10.9. The van der Waals surface area contributed by atoms with Crippen LogP contribution in [0.4, 0.5) is 20.6 Å². The van der Waals surface area contributed by atoms with Gasteiger partial charge in [-0.15, -0.1) is 0 Å². The van der Waals surface area contributed by atoms with E-state index in [2.05, 4.69) is 4.74 Å². The number of nitrogens with zero attached hydrogens (tertiary/aromatic N) is 2. The Hall–Kier alpha value is -3.55. The number of nitrogen functional groups attached to an aromatic ring is 1. The van der Waals surface area contributed by atoms with Gasteiger partial charge in [-0.25, -0.2) is 9.18 Å². The largest absolute Gasteiger partial charge is 0.511 e. The van der Waals surface area contributed by atoms with Crippen LogP contribution in [0.1, 0.15) is 41.0 Å². The van der Waals surface area contributed by atoms with Crippen molar-refractivity contribution in [2.45, 2.75) is 38.6 Å². The first kappa shape index (κ1) is 19.4. The molecule has 0 atom stereocenters. The van der Waals surface area contributed by atoms with Gasteiger partial charge in [0.15, 0.2) is 11.6 Å². The Morgan fingerprint density at radius 2 is 2.10 bits per heavy atom. The summed E-state index contributed by atoms with van der Waals surface area (Å²) in [5, 5.41) is 8.97. The van der Waals surface area contributed by atoms with Gasteiger partial charge in [-0.2, -0.15) is 0 Å². The Morgan fingerprint density at radius 3 is 2.81 bits per heavy atom. The molecule has 1 aliphatic carbocycles. The predicted octanol–water partition coefficient (Wildman–Crippen LogP) is 3.83. The number of aryl methyl sites for hydroxylation is 1. The normalized spacial score (nSPS) is 15.7. The van der Waals surface area contributed by atoms with Crippen molar-refractivity contribution in [3.63, 3.8) is 0 Å². The van der Waals surface area contributed by atoms with Crippen LogP contribution in [0.2, 0.25) is 0 Å². The number of anilines is 2. The minimum Gasteiger partial charge on any atom is -0.449 e. The standard InChI is InChI=1S/C23H22FN3O4/c1-12-20-16(13-5-6-13)9-19(31-23(29)30)22(28)27(20)11-17(24)21(12)26-8-7-15-14(10-26)3-2-4-18(15)25/h2-4,9,11,13H,5-8,10,25H2,1H3,(H,29,30). The topological polar surface area (TPSA) is 97.3 Å². The van der Waals surface area contributed by atoms with Crippen molar-refractivity contribution in [2.24, 2.45) is 0 Å². The minimum atomic E-state index is -1.57. The summed E-state index contributed by atoms with van der Waals surface area (Å²) in [6, 6.07) is 7.28. The van der Waals surface area contributed by atoms with Crippen LogP contribution in [0, 0.1) is 12.7 Å². The quantitative estimate of drug-likeness (QED) is 0.491. The SMILES string of the molecule is Cc1c(N2CCc3c(N)cccc3C2)c(F)cn2c(=O)c(OC(=O)O)cc(C3CC3)c12. The van der Waals surface area contributed by atoms with Crippen LogP contribution in [-0.4, -0.2) is 22.2 Å². The number of fused-ring (bicyclic) bond motifs is 2. The number of benzene rings is 1. The number of rotatable bonds is 3. The van der Waals surface area contributed by atoms with Gasteiger partial charge in [0.05, 0.1) is 17.4 Å². The Labute approximate surface area is 177 Å². The highest BCUT2D eigenvalue weighted by Crippen LogP contribution is 2.44. The second kappa shape index (κ2) is 7.01. The zero-order valence-electron chi connectivity index (χ0n) is 17.0. The molecule has 0 radical (unpaired) electrons. The van der Waals surface area contributed by atoms with E-state index < -0.39 is 17.5 Å². The van der Waals surface area contributed by atoms with E-state index >= 15 is 4.39 Å². The van der Waals surface area contributed by atoms with Gasteiger partial charge >= 0.3 is 6.16 Å². The predicted molar refractivity (Wildman–Crippen MR) is 115 cm³/mol. The number of ether oxygens (including phenoxy) is 1. The number of carboxylic acid groups (broad SMARTS) is 1. The van der Waals surface area contributed by atoms with Crippen molar-refractivity contribution in [3.8, 4) is 5.75 Å². The molecular formula is C23H22FN3O4. The summed E-state index contributed by atoms with van der Waals surface area (Å²) < 4.78 is 21.2. The Morgan fingerprint density at radius 1 is 1.32 bits per heavy atom. The lowest BCUT2D eigenvalue weighted by Gasteiger charge is -2.33. The highest BCUT2D eigenvalue weighted by atomic mass is 19.1. The molecule has 0 amide bonds. The number of halogens is 1. The monoisotopic (exact) mass is 423 g/mol. The fourth-order valence-corrected chi connectivity index (χ4v) is 4.71. The first-order valence-corrected chi connectivity index (χ1v) is 10.3. The molecule has 2 aromatic heterocycles. The van der Waals surface area contributed by atoms with Crippen LogP contribution >= 0.6 is 0 Å². The molecule has 1 saturated carbocycles. The smallest absolute Gasteiger partial charge is 0.449 e. The van der Waals surface area contributed by atoms with E-state index in [9.17, 15) is 9.59 Å². The van der Waals surface area contributed by atoms with E-state index in [4.69, 9.17) is 10.8 Å². The molecule has 1 fully saturated rings. The summed E-state index contributed by atoms with van der Waals surface area (Å²) in [6.45, 7) is 2.95. The second-order valence-corrected chi connectivity index (χ2v) is 8.24. The van der Waals surface area contributed by atoms with Crippen LogP contribution in [-0.2, 0) is 13.0 Å². The molecule has 7 nitrogen and oxygen atoms in total. The molecule has 3 aromatic rings. The minimum absolute atomic E-state index is 0.200. The van der Waals surface area contributed by atoms with Gasteiger partial charge < -0.3 is 20.5 Å². The maximum atomic E-state index is 15.4. The third-order valence-corrected chi connectivity index (χ3v) is 6.24. The van der Waals surface area contributed by atoms with Gasteiger partial charge in [-0.3, -0.25) is 9.20 Å². The average molecular weight is 423 g/mol. The Bertz CT molecular complexity index is 1300. The van der Waals surface area contributed by atoms with E-state index in [-0.39, 0.29) is 11.7 Å². The Balaban J connectivity index is 1.68. The highest BCUT2D eigenvalue weighted by molar-refractivity contribution is 5.75. The molecule has 0 saturated heterocycles. The first-order chi connectivity index (χ1) is 14.8. The third-order valence-electron chi connectivity index (χ3n) is 6.24. The maximum absolute atomic E-state index is 15.4. The van der Waals surface area contributed by atoms with Crippen molar-refractivity contribution in [2.75, 3.05) is 17.2 Å². The van der Waals surface area contributed by atoms with E-state index in [1.165, 1.54) is 10.5 Å². The molecule has 2 aliphatic rings. The second-order valence-electron chi connectivity index (χ2n) is 8.24. The molecule has 160 valence electrons. The molecule has 1 aliphatic heterocycles. The van der Waals surface area contributed by atoms with Gasteiger partial charge in [0.25, 0.3) is 5.56 Å². The number of nitrogens with two attached hydrogens (primary N) is 1. The maximum Gasteiger partial charge on any atom is 0.511 e. The number of hydrogen-bond donors (Lipinski definition) is 2. The van der Waals surface area contributed by atoms with E-state index in [0.717, 1.165) is 41.4 Å². The van der Waals surface area contributed by atoms with Crippen LogP contribution in [0.25, 0.3) is 5.52 Å². The fraction of sp³-hybridized carbons (Fsp3) is 0.304. The molecule has 1 aromatic carbocycles. The van der Waals surface area contributed by atoms with Crippen LogP contribution < -0.4 is 20.9 Å². The molecule has 8 heteroatoms. The fourth-order valence-electron chi connectivity index (χ4n) is 4.71. The van der Waals surface area contributed by atoms with Crippen molar-refractivity contribution in [3.05, 3.63) is 68.9 Å². The van der Waals surface area contributed by atoms with Gasteiger partial charge in [-0.1, -0.05) is 12.1 Å². The molecule has 0 unspecified atom stereocenters. The molecular weight excluding hydrogens is 401 g/mol. The number of hydrogen-bond acceptors (Lipinski definition) is 5. The summed E-state index contributed by atoms with van der Waals surface area (Å²) >= 11 is 0. The lowest BCUT2D eigenvalue weighted by atomic mass is 9.96. The number of carbonyl (C=O) groups is 1. The van der Waals surface area contributed by atoms with Crippen molar-refractivity contribution in [1.82, 2.24) is 4.40 Å². The van der Waals surface area contributed by atoms with E-state index in [0.29, 0.717) is 36.3 Å². The van der Waals surface area contributed by atoms with Gasteiger partial charge in [0.1, 0.15) is 0 Å². The molecule has 31 heavy (non-hydrogen) atoms. The highest BCUT2D eigenvalue weighted by Gasteiger charge is 2.31. The van der Waals surface area contributed by atoms with Crippen molar-refractivity contribution in [1.29, 1.82) is 0 Å². The zero-order valence-corrected chi connectivity index (χ0v) is 17.0. The lowest BCUT2D eigenvalue weighted by molar-refractivity contribution is 0.143. The van der Waals surface area contributed by atoms with E-state index in [1.54, 1.807) is 0 Å². The number of aromatic nitrogens is 1. The van der Waals surface area contributed by atoms with Crippen LogP contribution in [0.3, 0.4) is 0 Å². The van der Waals surface area contributed by atoms with Crippen molar-refractivity contribution >= 4 is 23.0 Å². The molecule has 0 bridgehead atoms. The lowest BCUT2D eigenvalue weighted by Crippen LogP contribution is -2.33. The van der Waals surface area contributed by atoms with Gasteiger partial charge in [0, 0.05) is 18.8 Å². The third kappa shape index (κ3) is 3.19. The summed E-state index contributed by atoms with van der Waals surface area (Å²) in [4.78, 5) is 25.8. The molecule has 3 N–H and O–H groups in total. The summed E-state index contributed by atoms with van der Waals surface area (Å²) in [7, 11) is 0. The van der Waals surface area contributed by atoms with E-state index in [1.807, 2.05) is 30.0 Å². The van der Waals surface area contributed by atoms with Gasteiger partial charge in [0.2, 0.25) is 0 Å². The van der Waals surface area contributed by atoms with Gasteiger partial charge in [-0.05, 0) is 66.5 Å². The first-order valence-electron chi connectivity index (χ1n) is 10.3. The summed E-state index contributed by atoms with van der Waals surface area (Å²) in [5.74, 6) is -0.639. The molecule has 3 heterocycles. The van der Waals surface area contributed by atoms with Crippen LogP contribution in [0.5, 0.6) is 5.75 Å². The molecule has 5 rings (SSSR count). The number of pyridine rings is 2.